The predicted molar refractivity (Wildman–Crippen MR) is 104 cm³/mol. The molecule has 2 aromatic heterocycles. The van der Waals surface area contributed by atoms with Gasteiger partial charge in [0, 0.05) is 33.6 Å². The highest BCUT2D eigenvalue weighted by atomic mass is 79.9. The van der Waals surface area contributed by atoms with Gasteiger partial charge in [0.25, 0.3) is 5.56 Å². The van der Waals surface area contributed by atoms with E-state index in [-0.39, 0.29) is 5.56 Å². The molecule has 0 saturated heterocycles. The number of aromatic amines is 1. The summed E-state index contributed by atoms with van der Waals surface area (Å²) in [7, 11) is 0. The van der Waals surface area contributed by atoms with Gasteiger partial charge in [-0.05, 0) is 24.3 Å². The van der Waals surface area contributed by atoms with Gasteiger partial charge in [0.15, 0.2) is 0 Å². The smallest absolute Gasteiger partial charge is 0.282 e. The van der Waals surface area contributed by atoms with Crippen molar-refractivity contribution in [3.05, 3.63) is 74.9 Å². The van der Waals surface area contributed by atoms with Crippen molar-refractivity contribution in [1.29, 1.82) is 0 Å². The molecule has 0 atom stereocenters. The molecule has 5 nitrogen and oxygen atoms in total. The lowest BCUT2D eigenvalue weighted by Gasteiger charge is -2.07. The van der Waals surface area contributed by atoms with Gasteiger partial charge in [-0.1, -0.05) is 41.1 Å². The summed E-state index contributed by atoms with van der Waals surface area (Å²) in [6.07, 6.45) is 4.20. The molecule has 2 aromatic carbocycles. The maximum Gasteiger partial charge on any atom is 0.282 e. The Balaban J connectivity index is 1.88. The first-order valence-electron chi connectivity index (χ1n) is 7.99. The maximum atomic E-state index is 12.9. The van der Waals surface area contributed by atoms with Gasteiger partial charge in [0.1, 0.15) is 5.82 Å². The van der Waals surface area contributed by atoms with Gasteiger partial charge >= 0.3 is 0 Å². The Morgan fingerprint density at radius 3 is 2.92 bits per heavy atom. The van der Waals surface area contributed by atoms with Crippen LogP contribution >= 0.6 is 15.9 Å². The number of aromatic nitrogens is 3. The number of hydrogen-bond acceptors (Lipinski definition) is 3. The Morgan fingerprint density at radius 1 is 1.24 bits per heavy atom. The van der Waals surface area contributed by atoms with E-state index in [1.54, 1.807) is 12.3 Å². The van der Waals surface area contributed by atoms with Crippen LogP contribution in [0.5, 0.6) is 0 Å². The van der Waals surface area contributed by atoms with Gasteiger partial charge < -0.3 is 4.98 Å². The first-order chi connectivity index (χ1) is 12.2. The topological polar surface area (TPSA) is 63.0 Å². The Morgan fingerprint density at radius 2 is 2.08 bits per heavy atom. The second-order valence-corrected chi connectivity index (χ2v) is 6.61. The fourth-order valence-corrected chi connectivity index (χ4v) is 3.22. The summed E-state index contributed by atoms with van der Waals surface area (Å²) in [6.45, 7) is 1.96. The summed E-state index contributed by atoms with van der Waals surface area (Å²) >= 11 is 3.41. The molecule has 0 aliphatic carbocycles. The van der Waals surface area contributed by atoms with Crippen molar-refractivity contribution in [2.45, 2.75) is 13.3 Å². The number of benzene rings is 2. The van der Waals surface area contributed by atoms with Crippen LogP contribution in [0.1, 0.15) is 18.3 Å². The Hall–Kier alpha value is -2.73. The fraction of sp³-hybridized carbons (Fsp3) is 0.105. The Labute approximate surface area is 152 Å². The first kappa shape index (κ1) is 15.8. The molecule has 4 rings (SSSR count). The number of fused-ring (bicyclic) bond motifs is 2. The molecule has 0 bridgehead atoms. The van der Waals surface area contributed by atoms with Crippen LogP contribution in [0.2, 0.25) is 0 Å². The molecule has 1 N–H and O–H groups in total. The molecule has 0 saturated carbocycles. The average Bonchev–Trinajstić information content (AvgIpc) is 3.04. The van der Waals surface area contributed by atoms with E-state index < -0.39 is 0 Å². The number of para-hydroxylation sites is 1. The molecule has 124 valence electrons. The molecule has 25 heavy (non-hydrogen) atoms. The van der Waals surface area contributed by atoms with E-state index in [0.29, 0.717) is 23.1 Å². The van der Waals surface area contributed by atoms with Gasteiger partial charge in [0.05, 0.1) is 17.1 Å². The highest BCUT2D eigenvalue weighted by molar-refractivity contribution is 9.10. The molecule has 0 spiro atoms. The summed E-state index contributed by atoms with van der Waals surface area (Å²) in [4.78, 5) is 20.6. The van der Waals surface area contributed by atoms with Crippen LogP contribution in [0.3, 0.4) is 0 Å². The van der Waals surface area contributed by atoms with Gasteiger partial charge in [-0.2, -0.15) is 9.78 Å². The minimum Gasteiger partial charge on any atom is -0.361 e. The van der Waals surface area contributed by atoms with Crippen LogP contribution in [-0.4, -0.2) is 20.9 Å². The second kappa shape index (κ2) is 6.29. The van der Waals surface area contributed by atoms with E-state index in [1.165, 1.54) is 4.68 Å². The molecule has 4 aromatic rings. The molecule has 0 amide bonds. The lowest BCUT2D eigenvalue weighted by Crippen LogP contribution is -2.22. The quantitative estimate of drug-likeness (QED) is 0.532. The summed E-state index contributed by atoms with van der Waals surface area (Å²) < 4.78 is 2.23. The first-order valence-corrected chi connectivity index (χ1v) is 8.78. The second-order valence-electron chi connectivity index (χ2n) is 5.69. The van der Waals surface area contributed by atoms with E-state index in [4.69, 9.17) is 0 Å². The van der Waals surface area contributed by atoms with Crippen molar-refractivity contribution < 1.29 is 0 Å². The van der Waals surface area contributed by atoms with Gasteiger partial charge in [0.2, 0.25) is 0 Å². The third kappa shape index (κ3) is 2.78. The third-order valence-electron chi connectivity index (χ3n) is 4.13. The zero-order valence-electron chi connectivity index (χ0n) is 13.5. The van der Waals surface area contributed by atoms with E-state index in [9.17, 15) is 4.79 Å². The number of halogens is 1. The maximum absolute atomic E-state index is 12.9. The van der Waals surface area contributed by atoms with Crippen LogP contribution in [0.25, 0.3) is 21.8 Å². The van der Waals surface area contributed by atoms with Gasteiger partial charge in [-0.3, -0.25) is 4.79 Å². The van der Waals surface area contributed by atoms with E-state index in [1.807, 2.05) is 49.5 Å². The van der Waals surface area contributed by atoms with E-state index in [2.05, 4.69) is 31.0 Å². The van der Waals surface area contributed by atoms with Crippen LogP contribution in [0.15, 0.2) is 63.0 Å². The molecule has 0 unspecified atom stereocenters. The monoisotopic (exact) mass is 394 g/mol. The van der Waals surface area contributed by atoms with Crippen molar-refractivity contribution in [3.63, 3.8) is 0 Å². The lowest BCUT2D eigenvalue weighted by molar-refractivity contribution is 0.735. The Bertz CT molecular complexity index is 1170. The molecule has 2 heterocycles. The summed E-state index contributed by atoms with van der Waals surface area (Å²) in [5.74, 6) is 0.635. The number of H-pyrrole nitrogens is 1. The van der Waals surface area contributed by atoms with Crippen molar-refractivity contribution >= 4 is 44.0 Å². The van der Waals surface area contributed by atoms with Crippen LogP contribution in [0.4, 0.5) is 0 Å². The largest absolute Gasteiger partial charge is 0.361 e. The summed E-state index contributed by atoms with van der Waals surface area (Å²) in [5, 5.41) is 6.04. The SMILES string of the molecule is CCc1nc2ccc(Br)cc2c(=O)n1N=Cc1c[nH]c2ccccc12. The van der Waals surface area contributed by atoms with E-state index >= 15 is 0 Å². The molecule has 6 heteroatoms. The van der Waals surface area contributed by atoms with Crippen molar-refractivity contribution in [2.75, 3.05) is 0 Å². The normalized spacial score (nSPS) is 11.8. The minimum absolute atomic E-state index is 0.167. The fourth-order valence-electron chi connectivity index (χ4n) is 2.86. The highest BCUT2D eigenvalue weighted by Gasteiger charge is 2.10. The highest BCUT2D eigenvalue weighted by Crippen LogP contribution is 2.17. The number of hydrogen-bond donors (Lipinski definition) is 1. The third-order valence-corrected chi connectivity index (χ3v) is 4.62. The molecular weight excluding hydrogens is 380 g/mol. The molecular formula is C19H15BrN4O. The van der Waals surface area contributed by atoms with Crippen molar-refractivity contribution in [1.82, 2.24) is 14.6 Å². The number of nitrogens with zero attached hydrogens (tertiary/aromatic N) is 3. The van der Waals surface area contributed by atoms with Gasteiger partial charge in [-0.15, -0.1) is 0 Å². The van der Waals surface area contributed by atoms with Crippen molar-refractivity contribution in [2.24, 2.45) is 5.10 Å². The van der Waals surface area contributed by atoms with Crippen LogP contribution in [-0.2, 0) is 6.42 Å². The molecule has 0 aliphatic heterocycles. The average molecular weight is 395 g/mol. The van der Waals surface area contributed by atoms with Crippen molar-refractivity contribution in [3.8, 4) is 0 Å². The minimum atomic E-state index is -0.167. The van der Waals surface area contributed by atoms with Gasteiger partial charge in [-0.25, -0.2) is 4.98 Å². The number of nitrogens with one attached hydrogen (secondary N) is 1. The Kier molecular flexibility index (Phi) is 3.97. The van der Waals surface area contributed by atoms with Crippen LogP contribution < -0.4 is 5.56 Å². The lowest BCUT2D eigenvalue weighted by atomic mass is 10.2. The number of rotatable bonds is 3. The molecule has 0 aliphatic rings. The standard InChI is InChI=1S/C19H15BrN4O/c1-2-18-23-17-8-7-13(20)9-15(17)19(25)24(18)22-11-12-10-21-16-6-4-3-5-14(12)16/h3-11,21H,2H2,1H3. The summed E-state index contributed by atoms with van der Waals surface area (Å²) in [5.41, 5.74) is 2.48. The van der Waals surface area contributed by atoms with Crippen LogP contribution in [0, 0.1) is 0 Å². The predicted octanol–water partition coefficient (Wildman–Crippen LogP) is 4.08. The number of aryl methyl sites for hydroxylation is 1. The zero-order chi connectivity index (χ0) is 17.4. The van der Waals surface area contributed by atoms with E-state index in [0.717, 1.165) is 20.9 Å². The molecule has 0 fully saturated rings. The molecule has 0 radical (unpaired) electrons. The zero-order valence-corrected chi connectivity index (χ0v) is 15.1. The summed E-state index contributed by atoms with van der Waals surface area (Å²) in [6, 6.07) is 13.5.